The van der Waals surface area contributed by atoms with Gasteiger partial charge in [-0.3, -0.25) is 9.59 Å². The van der Waals surface area contributed by atoms with Gasteiger partial charge in [0.1, 0.15) is 0 Å². The number of carbonyl (C=O) groups is 2. The standard InChI is InChI=1S/C20H19ClN2O4S/c21-15-2-1-3-16(12-15)22-18(24)7-9-28(26,27)17-10-13-4-5-19(25)23-8-6-14(11-17)20(13)23/h1-3,10-12H,4-9H2,(H,22,24). The molecule has 6 nitrogen and oxygen atoms in total. The Bertz CT molecular complexity index is 1080. The molecular weight excluding hydrogens is 400 g/mol. The van der Waals surface area contributed by atoms with Crippen LogP contribution < -0.4 is 10.2 Å². The summed E-state index contributed by atoms with van der Waals surface area (Å²) in [6.07, 6.45) is 1.47. The second kappa shape index (κ2) is 7.22. The highest BCUT2D eigenvalue weighted by molar-refractivity contribution is 7.91. The second-order valence-electron chi connectivity index (χ2n) is 7.01. The van der Waals surface area contributed by atoms with Gasteiger partial charge in [-0.25, -0.2) is 8.42 Å². The van der Waals surface area contributed by atoms with E-state index in [1.807, 2.05) is 0 Å². The van der Waals surface area contributed by atoms with E-state index in [0.717, 1.165) is 16.8 Å². The van der Waals surface area contributed by atoms with Crippen LogP contribution in [0.15, 0.2) is 41.3 Å². The molecule has 0 aliphatic carbocycles. The molecule has 2 heterocycles. The van der Waals surface area contributed by atoms with Crippen molar-refractivity contribution in [3.63, 3.8) is 0 Å². The summed E-state index contributed by atoms with van der Waals surface area (Å²) in [5.41, 5.74) is 3.21. The van der Waals surface area contributed by atoms with Crippen LogP contribution in [-0.4, -0.2) is 32.5 Å². The molecule has 2 aliphatic heterocycles. The Morgan fingerprint density at radius 3 is 2.61 bits per heavy atom. The first-order valence-corrected chi connectivity index (χ1v) is 11.1. The van der Waals surface area contributed by atoms with Crippen molar-refractivity contribution in [3.05, 3.63) is 52.5 Å². The van der Waals surface area contributed by atoms with Crippen LogP contribution in [0.3, 0.4) is 0 Å². The fraction of sp³-hybridized carbons (Fsp3) is 0.300. The van der Waals surface area contributed by atoms with E-state index >= 15 is 0 Å². The molecule has 28 heavy (non-hydrogen) atoms. The largest absolute Gasteiger partial charge is 0.326 e. The monoisotopic (exact) mass is 418 g/mol. The summed E-state index contributed by atoms with van der Waals surface area (Å²) in [4.78, 5) is 26.1. The van der Waals surface area contributed by atoms with Crippen LogP contribution in [0.1, 0.15) is 24.0 Å². The van der Waals surface area contributed by atoms with Gasteiger partial charge in [-0.05, 0) is 54.3 Å². The van der Waals surface area contributed by atoms with E-state index in [-0.39, 0.29) is 28.9 Å². The molecule has 0 unspecified atom stereocenters. The van der Waals surface area contributed by atoms with Crippen molar-refractivity contribution < 1.29 is 18.0 Å². The number of benzene rings is 2. The minimum Gasteiger partial charge on any atom is -0.326 e. The number of amides is 2. The summed E-state index contributed by atoms with van der Waals surface area (Å²) < 4.78 is 25.6. The predicted octanol–water partition coefficient (Wildman–Crippen LogP) is 2.98. The summed E-state index contributed by atoms with van der Waals surface area (Å²) in [6, 6.07) is 10.0. The van der Waals surface area contributed by atoms with Crippen molar-refractivity contribution in [2.75, 3.05) is 22.5 Å². The highest BCUT2D eigenvalue weighted by Gasteiger charge is 2.32. The number of carbonyl (C=O) groups excluding carboxylic acids is 2. The van der Waals surface area contributed by atoms with Gasteiger partial charge in [-0.15, -0.1) is 0 Å². The summed E-state index contributed by atoms with van der Waals surface area (Å²) >= 11 is 5.89. The number of nitrogens with one attached hydrogen (secondary N) is 1. The Morgan fingerprint density at radius 1 is 1.11 bits per heavy atom. The average Bonchev–Trinajstić information content (AvgIpc) is 3.09. The quantitative estimate of drug-likeness (QED) is 0.809. The fourth-order valence-corrected chi connectivity index (χ4v) is 5.26. The van der Waals surface area contributed by atoms with Crippen LogP contribution >= 0.6 is 11.6 Å². The lowest BCUT2D eigenvalue weighted by molar-refractivity contribution is -0.119. The third kappa shape index (κ3) is 3.64. The van der Waals surface area contributed by atoms with Gasteiger partial charge in [0.25, 0.3) is 0 Å². The number of hydrogen-bond acceptors (Lipinski definition) is 4. The van der Waals surface area contributed by atoms with E-state index in [1.165, 1.54) is 0 Å². The Labute approximate surface area is 168 Å². The number of halogens is 1. The molecule has 8 heteroatoms. The minimum absolute atomic E-state index is 0.0968. The number of rotatable bonds is 5. The lowest BCUT2D eigenvalue weighted by Crippen LogP contribution is -2.32. The van der Waals surface area contributed by atoms with Gasteiger partial charge in [0.2, 0.25) is 11.8 Å². The van der Waals surface area contributed by atoms with Gasteiger partial charge >= 0.3 is 0 Å². The maximum atomic E-state index is 12.8. The van der Waals surface area contributed by atoms with E-state index in [0.29, 0.717) is 36.5 Å². The second-order valence-corrected chi connectivity index (χ2v) is 9.56. The molecule has 146 valence electrons. The molecule has 0 bridgehead atoms. The Balaban J connectivity index is 1.49. The highest BCUT2D eigenvalue weighted by atomic mass is 35.5. The molecule has 0 spiro atoms. The molecular formula is C20H19ClN2O4S. The summed E-state index contributed by atoms with van der Waals surface area (Å²) in [5.74, 6) is -0.565. The van der Waals surface area contributed by atoms with Crippen LogP contribution in [0, 0.1) is 0 Å². The van der Waals surface area contributed by atoms with E-state index in [9.17, 15) is 18.0 Å². The van der Waals surface area contributed by atoms with E-state index in [4.69, 9.17) is 11.6 Å². The molecule has 2 amide bonds. The minimum atomic E-state index is -3.61. The zero-order chi connectivity index (χ0) is 19.9. The van der Waals surface area contributed by atoms with Crippen LogP contribution in [0.25, 0.3) is 0 Å². The molecule has 2 aliphatic rings. The summed E-state index contributed by atoms with van der Waals surface area (Å²) in [7, 11) is -3.61. The van der Waals surface area contributed by atoms with Gasteiger partial charge in [-0.2, -0.15) is 0 Å². The summed E-state index contributed by atoms with van der Waals surface area (Å²) in [5, 5.41) is 3.15. The first kappa shape index (κ1) is 19.0. The van der Waals surface area contributed by atoms with Crippen molar-refractivity contribution in [2.24, 2.45) is 0 Å². The molecule has 0 atom stereocenters. The zero-order valence-electron chi connectivity index (χ0n) is 15.1. The molecule has 2 aromatic rings. The van der Waals surface area contributed by atoms with Crippen molar-refractivity contribution >= 4 is 44.6 Å². The van der Waals surface area contributed by atoms with Crippen molar-refractivity contribution in [3.8, 4) is 0 Å². The Hall–Kier alpha value is -2.38. The molecule has 1 N–H and O–H groups in total. The number of nitrogens with zero attached hydrogens (tertiary/aromatic N) is 1. The van der Waals surface area contributed by atoms with Gasteiger partial charge in [0.05, 0.1) is 16.3 Å². The third-order valence-electron chi connectivity index (χ3n) is 5.09. The van der Waals surface area contributed by atoms with Crippen LogP contribution in [0.5, 0.6) is 0 Å². The van der Waals surface area contributed by atoms with Crippen molar-refractivity contribution in [1.29, 1.82) is 0 Å². The lowest BCUT2D eigenvalue weighted by Gasteiger charge is -2.25. The van der Waals surface area contributed by atoms with Crippen LogP contribution in [-0.2, 0) is 32.3 Å². The van der Waals surface area contributed by atoms with E-state index < -0.39 is 9.84 Å². The molecule has 0 fully saturated rings. The molecule has 0 radical (unpaired) electrons. The SMILES string of the molecule is O=C(CCS(=O)(=O)c1cc2c3c(c1)CCN3C(=O)CC2)Nc1cccc(Cl)c1. The predicted molar refractivity (Wildman–Crippen MR) is 108 cm³/mol. The fourth-order valence-electron chi connectivity index (χ4n) is 3.74. The molecule has 0 aromatic heterocycles. The topological polar surface area (TPSA) is 83.6 Å². The maximum Gasteiger partial charge on any atom is 0.227 e. The first-order valence-electron chi connectivity index (χ1n) is 9.08. The Kier molecular flexibility index (Phi) is 4.89. The molecule has 0 saturated heterocycles. The van der Waals surface area contributed by atoms with Crippen molar-refractivity contribution in [2.45, 2.75) is 30.6 Å². The lowest BCUT2D eigenvalue weighted by atomic mass is 10.00. The third-order valence-corrected chi connectivity index (χ3v) is 7.02. The maximum absolute atomic E-state index is 12.8. The van der Waals surface area contributed by atoms with Crippen molar-refractivity contribution in [1.82, 2.24) is 0 Å². The van der Waals surface area contributed by atoms with Gasteiger partial charge in [0, 0.05) is 30.1 Å². The zero-order valence-corrected chi connectivity index (χ0v) is 16.6. The van der Waals surface area contributed by atoms with Crippen LogP contribution in [0.2, 0.25) is 5.02 Å². The number of sulfone groups is 1. The van der Waals surface area contributed by atoms with Gasteiger partial charge in [-0.1, -0.05) is 17.7 Å². The van der Waals surface area contributed by atoms with E-state index in [1.54, 1.807) is 41.3 Å². The van der Waals surface area contributed by atoms with Crippen LogP contribution in [0.4, 0.5) is 11.4 Å². The molecule has 4 rings (SSSR count). The number of aryl methyl sites for hydroxylation is 1. The molecule has 0 saturated carbocycles. The van der Waals surface area contributed by atoms with Gasteiger partial charge in [0.15, 0.2) is 9.84 Å². The average molecular weight is 419 g/mol. The molecule has 2 aromatic carbocycles. The normalized spacial score (nSPS) is 15.5. The highest BCUT2D eigenvalue weighted by Crippen LogP contribution is 2.38. The summed E-state index contributed by atoms with van der Waals surface area (Å²) in [6.45, 7) is 0.604. The van der Waals surface area contributed by atoms with Gasteiger partial charge < -0.3 is 10.2 Å². The smallest absolute Gasteiger partial charge is 0.227 e. The number of hydrogen-bond donors (Lipinski definition) is 1. The van der Waals surface area contributed by atoms with E-state index in [2.05, 4.69) is 5.32 Å². The Morgan fingerprint density at radius 2 is 1.86 bits per heavy atom. The number of anilines is 2. The first-order chi connectivity index (χ1) is 13.3.